The number of carbonyl (C=O) groups excluding carboxylic acids is 1. The molecule has 1 N–H and O–H groups in total. The number of aromatic nitrogens is 1. The molecule has 1 aromatic heterocycles. The number of fused-ring (bicyclic) bond motifs is 2. The molecule has 4 heteroatoms. The Morgan fingerprint density at radius 3 is 2.56 bits per heavy atom. The van der Waals surface area contributed by atoms with E-state index in [0.29, 0.717) is 5.56 Å². The van der Waals surface area contributed by atoms with Gasteiger partial charge in [0.15, 0.2) is 0 Å². The summed E-state index contributed by atoms with van der Waals surface area (Å²) in [5.41, 5.74) is 5.24. The fourth-order valence-corrected chi connectivity index (χ4v) is 3.11. The zero-order valence-electron chi connectivity index (χ0n) is 13.8. The lowest BCUT2D eigenvalue weighted by atomic mass is 10.1. The summed E-state index contributed by atoms with van der Waals surface area (Å²) in [4.78, 5) is 12.5. The van der Waals surface area contributed by atoms with E-state index in [1.165, 1.54) is 0 Å². The first-order valence-electron chi connectivity index (χ1n) is 8.09. The van der Waals surface area contributed by atoms with E-state index in [1.54, 1.807) is 6.21 Å². The Morgan fingerprint density at radius 1 is 0.960 bits per heavy atom. The monoisotopic (exact) mass is 327 g/mol. The summed E-state index contributed by atoms with van der Waals surface area (Å²) >= 11 is 0. The molecule has 0 radical (unpaired) electrons. The van der Waals surface area contributed by atoms with Crippen LogP contribution < -0.4 is 5.43 Å². The molecule has 0 aliphatic heterocycles. The molecule has 0 spiro atoms. The summed E-state index contributed by atoms with van der Waals surface area (Å²) in [6.45, 7) is 0. The Kier molecular flexibility index (Phi) is 3.78. The van der Waals surface area contributed by atoms with Crippen LogP contribution in [0.5, 0.6) is 0 Å². The minimum Gasteiger partial charge on any atom is -0.350 e. The van der Waals surface area contributed by atoms with E-state index in [1.807, 2.05) is 72.4 Å². The molecule has 3 aromatic carbocycles. The normalized spacial score (nSPS) is 11.4. The van der Waals surface area contributed by atoms with Crippen molar-refractivity contribution in [3.63, 3.8) is 0 Å². The molecule has 0 saturated carbocycles. The number of hydrogen-bond donors (Lipinski definition) is 1. The molecule has 4 aromatic rings. The van der Waals surface area contributed by atoms with Gasteiger partial charge in [0, 0.05) is 29.7 Å². The van der Waals surface area contributed by atoms with Crippen molar-refractivity contribution in [3.05, 3.63) is 84.1 Å². The first-order chi connectivity index (χ1) is 12.2. The largest absolute Gasteiger partial charge is 0.350 e. The number of benzene rings is 3. The van der Waals surface area contributed by atoms with Crippen molar-refractivity contribution in [2.75, 3.05) is 0 Å². The molecule has 0 bridgehead atoms. The maximum Gasteiger partial charge on any atom is 0.273 e. The summed E-state index contributed by atoms with van der Waals surface area (Å²) in [5, 5.41) is 7.32. The van der Waals surface area contributed by atoms with Crippen molar-refractivity contribution in [2.45, 2.75) is 0 Å². The Hall–Kier alpha value is -3.40. The van der Waals surface area contributed by atoms with Crippen LogP contribution in [0.25, 0.3) is 21.7 Å². The molecule has 0 aliphatic carbocycles. The number of aryl methyl sites for hydroxylation is 1. The predicted molar refractivity (Wildman–Crippen MR) is 102 cm³/mol. The van der Waals surface area contributed by atoms with E-state index < -0.39 is 0 Å². The van der Waals surface area contributed by atoms with Gasteiger partial charge in [-0.1, -0.05) is 60.7 Å². The average molecular weight is 327 g/mol. The number of hydrogen-bond acceptors (Lipinski definition) is 2. The van der Waals surface area contributed by atoms with Gasteiger partial charge in [-0.15, -0.1) is 0 Å². The van der Waals surface area contributed by atoms with Crippen molar-refractivity contribution < 1.29 is 4.79 Å². The van der Waals surface area contributed by atoms with Crippen LogP contribution in [0.15, 0.2) is 78.0 Å². The second-order valence-corrected chi connectivity index (χ2v) is 5.94. The number of carbonyl (C=O) groups is 1. The molecule has 0 saturated heterocycles. The minimum atomic E-state index is -0.215. The van der Waals surface area contributed by atoms with Gasteiger partial charge >= 0.3 is 0 Å². The highest BCUT2D eigenvalue weighted by molar-refractivity contribution is 6.07. The minimum absolute atomic E-state index is 0.215. The molecular formula is C21H17N3O. The predicted octanol–water partition coefficient (Wildman–Crippen LogP) is 4.10. The van der Waals surface area contributed by atoms with E-state index in [0.717, 1.165) is 27.2 Å². The lowest BCUT2D eigenvalue weighted by Gasteiger charge is -2.02. The topological polar surface area (TPSA) is 46.4 Å². The van der Waals surface area contributed by atoms with Gasteiger partial charge < -0.3 is 4.57 Å². The Morgan fingerprint density at radius 2 is 1.68 bits per heavy atom. The van der Waals surface area contributed by atoms with Crippen LogP contribution in [0.3, 0.4) is 0 Å². The maximum atomic E-state index is 12.5. The van der Waals surface area contributed by atoms with Gasteiger partial charge in [-0.2, -0.15) is 5.10 Å². The molecule has 1 heterocycles. The molecule has 122 valence electrons. The second kappa shape index (κ2) is 6.24. The van der Waals surface area contributed by atoms with Gasteiger partial charge in [-0.05, 0) is 16.8 Å². The fourth-order valence-electron chi connectivity index (χ4n) is 3.11. The molecular weight excluding hydrogens is 310 g/mol. The standard InChI is InChI=1S/C21H17N3O/c1-24-14-19(18-11-4-5-12-20(18)24)21(25)23-22-13-16-9-6-8-15-7-2-3-10-17(15)16/h2-14H,1H3,(H,23,25). The average Bonchev–Trinajstić information content (AvgIpc) is 2.99. The smallest absolute Gasteiger partial charge is 0.273 e. The summed E-state index contributed by atoms with van der Waals surface area (Å²) in [6.07, 6.45) is 3.51. The molecule has 1 amide bonds. The van der Waals surface area contributed by atoms with Crippen molar-refractivity contribution in [1.29, 1.82) is 0 Å². The van der Waals surface area contributed by atoms with E-state index in [9.17, 15) is 4.79 Å². The summed E-state index contributed by atoms with van der Waals surface area (Å²) in [6, 6.07) is 21.9. The van der Waals surface area contributed by atoms with Crippen LogP contribution in [0.1, 0.15) is 15.9 Å². The fraction of sp³-hybridized carbons (Fsp3) is 0.0476. The number of para-hydroxylation sites is 1. The third-order valence-electron chi connectivity index (χ3n) is 4.33. The van der Waals surface area contributed by atoms with Crippen molar-refractivity contribution >= 4 is 33.8 Å². The third kappa shape index (κ3) is 2.78. The van der Waals surface area contributed by atoms with Gasteiger partial charge in [0.2, 0.25) is 0 Å². The van der Waals surface area contributed by atoms with Crippen molar-refractivity contribution in [2.24, 2.45) is 12.1 Å². The summed E-state index contributed by atoms with van der Waals surface area (Å²) < 4.78 is 1.94. The first-order valence-corrected chi connectivity index (χ1v) is 8.09. The van der Waals surface area contributed by atoms with Crippen LogP contribution >= 0.6 is 0 Å². The summed E-state index contributed by atoms with van der Waals surface area (Å²) in [7, 11) is 1.93. The molecule has 0 aliphatic rings. The van der Waals surface area contributed by atoms with Crippen LogP contribution in [0.4, 0.5) is 0 Å². The molecule has 0 unspecified atom stereocenters. The van der Waals surface area contributed by atoms with Crippen molar-refractivity contribution in [1.82, 2.24) is 9.99 Å². The number of nitrogens with zero attached hydrogens (tertiary/aromatic N) is 2. The quantitative estimate of drug-likeness (QED) is 0.447. The number of rotatable bonds is 3. The number of amides is 1. The first kappa shape index (κ1) is 15.1. The lowest BCUT2D eigenvalue weighted by molar-refractivity contribution is 0.0956. The zero-order valence-corrected chi connectivity index (χ0v) is 13.8. The zero-order chi connectivity index (χ0) is 17.2. The third-order valence-corrected chi connectivity index (χ3v) is 4.33. The number of nitrogens with one attached hydrogen (secondary N) is 1. The van der Waals surface area contributed by atoms with Gasteiger partial charge in [0.25, 0.3) is 5.91 Å². The molecule has 0 fully saturated rings. The lowest BCUT2D eigenvalue weighted by Crippen LogP contribution is -2.17. The van der Waals surface area contributed by atoms with Crippen LogP contribution in [0, 0.1) is 0 Å². The molecule has 25 heavy (non-hydrogen) atoms. The summed E-state index contributed by atoms with van der Waals surface area (Å²) in [5.74, 6) is -0.215. The second-order valence-electron chi connectivity index (χ2n) is 5.94. The van der Waals surface area contributed by atoms with Gasteiger partial charge in [-0.25, -0.2) is 5.43 Å². The van der Waals surface area contributed by atoms with Gasteiger partial charge in [0.05, 0.1) is 11.8 Å². The molecule has 0 atom stereocenters. The van der Waals surface area contributed by atoms with Gasteiger partial charge in [-0.3, -0.25) is 4.79 Å². The van der Waals surface area contributed by atoms with E-state index in [2.05, 4.69) is 22.7 Å². The van der Waals surface area contributed by atoms with Crippen LogP contribution in [0.2, 0.25) is 0 Å². The van der Waals surface area contributed by atoms with E-state index in [-0.39, 0.29) is 5.91 Å². The molecule has 4 rings (SSSR count). The Balaban J connectivity index is 1.60. The van der Waals surface area contributed by atoms with Crippen LogP contribution in [-0.2, 0) is 7.05 Å². The van der Waals surface area contributed by atoms with E-state index >= 15 is 0 Å². The highest BCUT2D eigenvalue weighted by atomic mass is 16.2. The highest BCUT2D eigenvalue weighted by Gasteiger charge is 2.12. The number of hydrazone groups is 1. The van der Waals surface area contributed by atoms with Crippen molar-refractivity contribution in [3.8, 4) is 0 Å². The van der Waals surface area contributed by atoms with E-state index in [4.69, 9.17) is 0 Å². The van der Waals surface area contributed by atoms with Gasteiger partial charge in [0.1, 0.15) is 0 Å². The SMILES string of the molecule is Cn1cc(C(=O)NN=Cc2cccc3ccccc23)c2ccccc21. The highest BCUT2D eigenvalue weighted by Crippen LogP contribution is 2.20. The molecule has 4 nitrogen and oxygen atoms in total. The maximum absolute atomic E-state index is 12.5. The van der Waals surface area contributed by atoms with Crippen LogP contribution in [-0.4, -0.2) is 16.7 Å². The Bertz CT molecular complexity index is 1100. The Labute approximate surface area is 145 Å².